The fraction of sp³-hybridized carbons (Fsp3) is 0.212. The Hall–Kier alpha value is -4.45. The Bertz CT molecular complexity index is 1880. The molecule has 1 amide bonds. The van der Waals surface area contributed by atoms with Crippen LogP contribution in [0.15, 0.2) is 93.9 Å². The Morgan fingerprint density at radius 3 is 2.45 bits per heavy atom. The van der Waals surface area contributed by atoms with Gasteiger partial charge in [0.15, 0.2) is 4.80 Å². The lowest BCUT2D eigenvalue weighted by Crippen LogP contribution is -2.43. The van der Waals surface area contributed by atoms with Gasteiger partial charge in [-0.1, -0.05) is 65.4 Å². The number of allylic oxidation sites excluding steroid dienone is 1. The van der Waals surface area contributed by atoms with Crippen molar-refractivity contribution in [3.8, 4) is 11.8 Å². The number of amides is 1. The normalized spacial score (nSPS) is 14.6. The third kappa shape index (κ3) is 5.80. The van der Waals surface area contributed by atoms with Crippen LogP contribution in [0.2, 0.25) is 5.02 Å². The van der Waals surface area contributed by atoms with Gasteiger partial charge >= 0.3 is 0 Å². The average Bonchev–Trinajstić information content (AvgIpc) is 3.31. The van der Waals surface area contributed by atoms with Crippen LogP contribution in [-0.2, 0) is 11.4 Å². The van der Waals surface area contributed by atoms with Crippen molar-refractivity contribution >= 4 is 34.9 Å². The van der Waals surface area contributed by atoms with E-state index in [-0.39, 0.29) is 11.5 Å². The van der Waals surface area contributed by atoms with Crippen molar-refractivity contribution in [2.75, 3.05) is 13.1 Å². The first-order valence-electron chi connectivity index (χ1n) is 13.6. The Morgan fingerprint density at radius 1 is 1.10 bits per heavy atom. The molecule has 5 rings (SSSR count). The van der Waals surface area contributed by atoms with E-state index in [1.54, 1.807) is 33.7 Å². The lowest BCUT2D eigenvalue weighted by Gasteiger charge is -2.29. The van der Waals surface area contributed by atoms with Crippen molar-refractivity contribution in [2.24, 2.45) is 4.99 Å². The van der Waals surface area contributed by atoms with Gasteiger partial charge in [0.2, 0.25) is 0 Å². The Balaban J connectivity index is 1.58. The summed E-state index contributed by atoms with van der Waals surface area (Å²) < 4.78 is 8.21. The monoisotopic (exact) mass is 596 g/mol. The van der Waals surface area contributed by atoms with Crippen LogP contribution in [0.4, 0.5) is 0 Å². The highest BCUT2D eigenvalue weighted by Gasteiger charge is 2.34. The average molecular weight is 597 g/mol. The number of carbonyl (C=O) groups excluding carboxylic acids is 1. The Kier molecular flexibility index (Phi) is 8.72. The molecule has 3 aromatic carbocycles. The van der Waals surface area contributed by atoms with E-state index in [0.29, 0.717) is 56.6 Å². The number of hydrogen-bond acceptors (Lipinski definition) is 6. The summed E-state index contributed by atoms with van der Waals surface area (Å²) in [7, 11) is 0. The molecule has 42 heavy (non-hydrogen) atoms. The first-order chi connectivity index (χ1) is 20.3. The van der Waals surface area contributed by atoms with Crippen LogP contribution in [0.1, 0.15) is 49.1 Å². The number of ether oxygens (including phenoxy) is 1. The quantitative estimate of drug-likeness (QED) is 0.279. The fourth-order valence-electron chi connectivity index (χ4n) is 4.95. The minimum atomic E-state index is -0.642. The largest absolute Gasteiger partial charge is 0.488 e. The summed E-state index contributed by atoms with van der Waals surface area (Å²) in [5, 5.41) is 9.62. The van der Waals surface area contributed by atoms with E-state index >= 15 is 0 Å². The highest BCUT2D eigenvalue weighted by Crippen LogP contribution is 2.32. The molecule has 0 N–H and O–H groups in total. The first-order valence-corrected chi connectivity index (χ1v) is 14.8. The van der Waals surface area contributed by atoms with Crippen molar-refractivity contribution in [3.05, 3.63) is 131 Å². The van der Waals surface area contributed by atoms with Crippen LogP contribution in [0, 0.1) is 11.3 Å². The SMILES string of the molecule is CCN(CC)C(=O)C1=C(C)N=c2s/c(=C/c3ccccc3OCc3ccc(C#N)cc3)c(=O)n2[C@H]1c1ccc(Cl)cc1. The van der Waals surface area contributed by atoms with E-state index in [0.717, 1.165) is 16.7 Å². The van der Waals surface area contributed by atoms with Gasteiger partial charge in [0.05, 0.1) is 33.5 Å². The standard InChI is InChI=1S/C33H29ClN4O3S/c1-4-37(5-2)32(40)29-21(3)36-33-38(30(29)24-14-16-26(34)17-15-24)31(39)28(42-33)18-25-8-6-7-9-27(25)41-20-23-12-10-22(19-35)11-13-23/h6-18,30H,4-5,20H2,1-3H3/b28-18+/t30-/m0/s1. The van der Waals surface area contributed by atoms with Crippen molar-refractivity contribution < 1.29 is 9.53 Å². The summed E-state index contributed by atoms with van der Waals surface area (Å²) in [5.74, 6) is 0.479. The second-order valence-corrected chi connectivity index (χ2v) is 11.2. The number of rotatable bonds is 8. The Labute approximate surface area is 252 Å². The van der Waals surface area contributed by atoms with Crippen molar-refractivity contribution in [1.29, 1.82) is 5.26 Å². The second-order valence-electron chi connectivity index (χ2n) is 9.75. The Morgan fingerprint density at radius 2 is 1.79 bits per heavy atom. The predicted octanol–water partition coefficient (Wildman–Crippen LogP) is 5.21. The predicted molar refractivity (Wildman–Crippen MR) is 165 cm³/mol. The molecule has 0 fully saturated rings. The number of likely N-dealkylation sites (N-methyl/N-ethyl adjacent to an activating group) is 1. The molecule has 9 heteroatoms. The molecule has 0 radical (unpaired) electrons. The zero-order valence-corrected chi connectivity index (χ0v) is 25.1. The molecule has 7 nitrogen and oxygen atoms in total. The van der Waals surface area contributed by atoms with E-state index in [4.69, 9.17) is 26.6 Å². The molecule has 0 spiro atoms. The van der Waals surface area contributed by atoms with Crippen molar-refractivity contribution in [1.82, 2.24) is 9.47 Å². The first kappa shape index (κ1) is 29.1. The summed E-state index contributed by atoms with van der Waals surface area (Å²) in [4.78, 5) is 34.8. The van der Waals surface area contributed by atoms with Gasteiger partial charge in [-0.15, -0.1) is 0 Å². The third-order valence-corrected chi connectivity index (χ3v) is 8.41. The van der Waals surface area contributed by atoms with Crippen molar-refractivity contribution in [2.45, 2.75) is 33.4 Å². The van der Waals surface area contributed by atoms with Gasteiger partial charge in [-0.3, -0.25) is 14.2 Å². The smallest absolute Gasteiger partial charge is 0.271 e. The lowest BCUT2D eigenvalue weighted by molar-refractivity contribution is -0.127. The number of nitriles is 1. The lowest BCUT2D eigenvalue weighted by atomic mass is 9.94. The van der Waals surface area contributed by atoms with Crippen LogP contribution in [0.5, 0.6) is 5.75 Å². The van der Waals surface area contributed by atoms with Crippen LogP contribution < -0.4 is 19.6 Å². The summed E-state index contributed by atoms with van der Waals surface area (Å²) in [5.41, 5.74) is 3.86. The molecule has 0 aliphatic carbocycles. The number of carbonyl (C=O) groups is 1. The van der Waals surface area contributed by atoms with Gasteiger partial charge in [0, 0.05) is 23.7 Å². The van der Waals surface area contributed by atoms with E-state index in [2.05, 4.69) is 6.07 Å². The minimum Gasteiger partial charge on any atom is -0.488 e. The molecular weight excluding hydrogens is 568 g/mol. The van der Waals surface area contributed by atoms with Gasteiger partial charge in [-0.05, 0) is 68.3 Å². The zero-order chi connectivity index (χ0) is 29.8. The maximum Gasteiger partial charge on any atom is 0.271 e. The molecular formula is C33H29ClN4O3S. The van der Waals surface area contributed by atoms with E-state index < -0.39 is 6.04 Å². The summed E-state index contributed by atoms with van der Waals surface area (Å²) >= 11 is 7.47. The molecule has 1 aromatic heterocycles. The van der Waals surface area contributed by atoms with Gasteiger partial charge in [0.1, 0.15) is 12.4 Å². The number of thiazole rings is 1. The van der Waals surface area contributed by atoms with Gasteiger partial charge in [0.25, 0.3) is 11.5 Å². The molecule has 1 aliphatic rings. The van der Waals surface area contributed by atoms with Crippen LogP contribution in [0.3, 0.4) is 0 Å². The second kappa shape index (κ2) is 12.6. The van der Waals surface area contributed by atoms with Crippen LogP contribution >= 0.6 is 22.9 Å². The number of halogens is 1. The highest BCUT2D eigenvalue weighted by molar-refractivity contribution is 7.07. The minimum absolute atomic E-state index is 0.142. The topological polar surface area (TPSA) is 87.7 Å². The number of aromatic nitrogens is 1. The van der Waals surface area contributed by atoms with E-state index in [1.165, 1.54) is 11.3 Å². The number of fused-ring (bicyclic) bond motifs is 1. The molecule has 2 heterocycles. The molecule has 212 valence electrons. The molecule has 0 unspecified atom stereocenters. The third-order valence-electron chi connectivity index (χ3n) is 7.17. The molecule has 1 atom stereocenters. The molecule has 0 saturated carbocycles. The number of para-hydroxylation sites is 1. The number of hydrogen-bond donors (Lipinski definition) is 0. The summed E-state index contributed by atoms with van der Waals surface area (Å²) in [6.07, 6.45) is 1.81. The van der Waals surface area contributed by atoms with Gasteiger partial charge in [-0.25, -0.2) is 4.99 Å². The zero-order valence-electron chi connectivity index (χ0n) is 23.5. The highest BCUT2D eigenvalue weighted by atomic mass is 35.5. The van der Waals surface area contributed by atoms with Crippen LogP contribution in [0.25, 0.3) is 6.08 Å². The maximum absolute atomic E-state index is 14.0. The molecule has 0 saturated heterocycles. The van der Waals surface area contributed by atoms with E-state index in [1.807, 2.05) is 75.4 Å². The molecule has 4 aromatic rings. The van der Waals surface area contributed by atoms with Crippen molar-refractivity contribution in [3.63, 3.8) is 0 Å². The van der Waals surface area contributed by atoms with Gasteiger partial charge < -0.3 is 9.64 Å². The van der Waals surface area contributed by atoms with Gasteiger partial charge in [-0.2, -0.15) is 5.26 Å². The van der Waals surface area contributed by atoms with E-state index in [9.17, 15) is 9.59 Å². The number of nitrogens with zero attached hydrogens (tertiary/aromatic N) is 4. The molecule has 1 aliphatic heterocycles. The summed E-state index contributed by atoms with van der Waals surface area (Å²) in [6, 6.07) is 23.4. The molecule has 0 bridgehead atoms. The summed E-state index contributed by atoms with van der Waals surface area (Å²) in [6.45, 7) is 7.09. The van der Waals surface area contributed by atoms with Crippen LogP contribution in [-0.4, -0.2) is 28.5 Å². The fourth-order valence-corrected chi connectivity index (χ4v) is 6.11. The number of benzene rings is 3. The maximum atomic E-state index is 14.0.